The van der Waals surface area contributed by atoms with E-state index in [1.165, 1.54) is 44.9 Å². The third-order valence-electron chi connectivity index (χ3n) is 7.42. The standard InChI is InChI=1S/C34H44N2/c1-23(2)29-16-12-17-30(24(3)4)33(29)35-21-28(20-27-14-10-9-11-15-27)36(22-35)34-31(25(5)6)18-13-19-32(34)26(7)8/h9-20,23-26H,21-22H2,1-8H3. The lowest BCUT2D eigenvalue weighted by molar-refractivity contribution is 0.799. The van der Waals surface area contributed by atoms with Crippen molar-refractivity contribution in [1.82, 2.24) is 0 Å². The first-order valence-electron chi connectivity index (χ1n) is 13.7. The van der Waals surface area contributed by atoms with Crippen LogP contribution in [0.2, 0.25) is 0 Å². The summed E-state index contributed by atoms with van der Waals surface area (Å²) in [7, 11) is 0. The summed E-state index contributed by atoms with van der Waals surface area (Å²) in [6.45, 7) is 20.3. The molecule has 2 nitrogen and oxygen atoms in total. The summed E-state index contributed by atoms with van der Waals surface area (Å²) in [6.07, 6.45) is 2.40. The molecule has 0 unspecified atom stereocenters. The Bertz CT molecular complexity index is 1150. The lowest BCUT2D eigenvalue weighted by atomic mass is 9.91. The molecule has 1 saturated heterocycles. The van der Waals surface area contributed by atoms with Crippen molar-refractivity contribution in [2.24, 2.45) is 0 Å². The lowest BCUT2D eigenvalue weighted by Crippen LogP contribution is -2.28. The van der Waals surface area contributed by atoms with Gasteiger partial charge in [0.25, 0.3) is 0 Å². The number of nitrogens with zero attached hydrogens (tertiary/aromatic N) is 2. The van der Waals surface area contributed by atoms with Gasteiger partial charge < -0.3 is 9.80 Å². The van der Waals surface area contributed by atoms with Crippen LogP contribution in [0.5, 0.6) is 0 Å². The molecule has 0 aliphatic carbocycles. The van der Waals surface area contributed by atoms with E-state index in [-0.39, 0.29) is 0 Å². The van der Waals surface area contributed by atoms with E-state index < -0.39 is 0 Å². The molecule has 1 fully saturated rings. The van der Waals surface area contributed by atoms with E-state index in [4.69, 9.17) is 0 Å². The van der Waals surface area contributed by atoms with E-state index in [1.54, 1.807) is 0 Å². The van der Waals surface area contributed by atoms with E-state index in [2.05, 4.69) is 138 Å². The van der Waals surface area contributed by atoms with Crippen LogP contribution in [0.4, 0.5) is 11.4 Å². The fraction of sp³-hybridized carbons (Fsp3) is 0.412. The SMILES string of the molecule is CC(C)c1cccc(C(C)C)c1N1CC(=Cc2ccccc2)N(c2c(C(C)C)cccc2C(C)C)C1. The van der Waals surface area contributed by atoms with Crippen molar-refractivity contribution in [3.63, 3.8) is 0 Å². The molecule has 0 N–H and O–H groups in total. The van der Waals surface area contributed by atoms with Crippen LogP contribution < -0.4 is 9.80 Å². The van der Waals surface area contributed by atoms with Gasteiger partial charge in [0, 0.05) is 17.1 Å². The molecule has 0 spiro atoms. The third-order valence-corrected chi connectivity index (χ3v) is 7.42. The van der Waals surface area contributed by atoms with E-state index >= 15 is 0 Å². The predicted molar refractivity (Wildman–Crippen MR) is 158 cm³/mol. The third kappa shape index (κ3) is 5.24. The number of hydrogen-bond donors (Lipinski definition) is 0. The molecule has 3 aromatic rings. The van der Waals surface area contributed by atoms with Crippen molar-refractivity contribution >= 4 is 17.5 Å². The maximum atomic E-state index is 2.63. The Morgan fingerprint density at radius 1 is 0.556 bits per heavy atom. The highest BCUT2D eigenvalue weighted by molar-refractivity contribution is 5.75. The number of hydrogen-bond acceptors (Lipinski definition) is 2. The maximum absolute atomic E-state index is 2.63. The second kappa shape index (κ2) is 10.9. The second-order valence-corrected chi connectivity index (χ2v) is 11.5. The fourth-order valence-corrected chi connectivity index (χ4v) is 5.52. The first-order valence-corrected chi connectivity index (χ1v) is 13.7. The molecule has 0 atom stereocenters. The molecule has 1 heterocycles. The molecule has 190 valence electrons. The molecule has 0 saturated carbocycles. The highest BCUT2D eigenvalue weighted by Gasteiger charge is 2.32. The van der Waals surface area contributed by atoms with E-state index in [0.29, 0.717) is 23.7 Å². The van der Waals surface area contributed by atoms with Crippen LogP contribution in [0.3, 0.4) is 0 Å². The van der Waals surface area contributed by atoms with Crippen molar-refractivity contribution in [3.05, 3.63) is 100 Å². The summed E-state index contributed by atoms with van der Waals surface area (Å²) < 4.78 is 0. The summed E-state index contributed by atoms with van der Waals surface area (Å²) in [6, 6.07) is 24.6. The summed E-state index contributed by atoms with van der Waals surface area (Å²) in [5.41, 5.74) is 11.2. The van der Waals surface area contributed by atoms with Crippen LogP contribution in [-0.4, -0.2) is 13.2 Å². The molecule has 1 aliphatic heterocycles. The molecule has 1 aliphatic rings. The van der Waals surface area contributed by atoms with Crippen molar-refractivity contribution in [3.8, 4) is 0 Å². The number of anilines is 2. The van der Waals surface area contributed by atoms with Crippen LogP contribution in [0, 0.1) is 0 Å². The van der Waals surface area contributed by atoms with E-state index in [1.807, 2.05) is 0 Å². The highest BCUT2D eigenvalue weighted by Crippen LogP contribution is 2.43. The Balaban J connectivity index is 1.92. The zero-order valence-corrected chi connectivity index (χ0v) is 23.5. The van der Waals surface area contributed by atoms with Crippen LogP contribution in [-0.2, 0) is 0 Å². The van der Waals surface area contributed by atoms with Gasteiger partial charge in [-0.1, -0.05) is 122 Å². The quantitative estimate of drug-likeness (QED) is 0.332. The molecule has 3 aromatic carbocycles. The van der Waals surface area contributed by atoms with Gasteiger partial charge >= 0.3 is 0 Å². The van der Waals surface area contributed by atoms with Crippen LogP contribution in [0.15, 0.2) is 72.4 Å². The van der Waals surface area contributed by atoms with Gasteiger partial charge in [-0.3, -0.25) is 0 Å². The lowest BCUT2D eigenvalue weighted by Gasteiger charge is -2.31. The summed E-state index contributed by atoms with van der Waals surface area (Å²) >= 11 is 0. The van der Waals surface area contributed by atoms with Gasteiger partial charge in [-0.25, -0.2) is 0 Å². The first-order chi connectivity index (χ1) is 17.2. The van der Waals surface area contributed by atoms with Gasteiger partial charge in [0.1, 0.15) is 0 Å². The normalized spacial score (nSPS) is 15.4. The van der Waals surface area contributed by atoms with Crippen LogP contribution in [0.25, 0.3) is 6.08 Å². The largest absolute Gasteiger partial charge is 0.347 e. The number of para-hydroxylation sites is 2. The van der Waals surface area contributed by atoms with Gasteiger partial charge in [-0.2, -0.15) is 0 Å². The minimum atomic E-state index is 0.458. The van der Waals surface area contributed by atoms with E-state index in [9.17, 15) is 0 Å². The topological polar surface area (TPSA) is 6.48 Å². The molecular weight excluding hydrogens is 436 g/mol. The van der Waals surface area contributed by atoms with Crippen LogP contribution in [0.1, 0.15) is 107 Å². The monoisotopic (exact) mass is 480 g/mol. The Morgan fingerprint density at radius 2 is 1.00 bits per heavy atom. The minimum Gasteiger partial charge on any atom is -0.347 e. The Morgan fingerprint density at radius 3 is 1.44 bits per heavy atom. The molecule has 0 aromatic heterocycles. The zero-order chi connectivity index (χ0) is 26.0. The van der Waals surface area contributed by atoms with E-state index in [0.717, 1.165) is 13.2 Å². The Hall–Kier alpha value is -3.00. The second-order valence-electron chi connectivity index (χ2n) is 11.5. The highest BCUT2D eigenvalue weighted by atomic mass is 15.4. The van der Waals surface area contributed by atoms with Crippen molar-refractivity contribution in [2.45, 2.75) is 79.1 Å². The predicted octanol–water partition coefficient (Wildman–Crippen LogP) is 9.51. The van der Waals surface area contributed by atoms with Gasteiger partial charge in [-0.05, 0) is 57.6 Å². The molecule has 4 rings (SSSR count). The average Bonchev–Trinajstić information content (AvgIpc) is 3.26. The number of rotatable bonds is 7. The minimum absolute atomic E-state index is 0.458. The zero-order valence-electron chi connectivity index (χ0n) is 23.5. The number of benzene rings is 3. The molecular formula is C34H44N2. The summed E-state index contributed by atoms with van der Waals surface area (Å²) in [5, 5.41) is 0. The molecule has 0 amide bonds. The van der Waals surface area contributed by atoms with Crippen LogP contribution >= 0.6 is 0 Å². The van der Waals surface area contributed by atoms with Crippen molar-refractivity contribution in [2.75, 3.05) is 23.0 Å². The fourth-order valence-electron chi connectivity index (χ4n) is 5.52. The van der Waals surface area contributed by atoms with Gasteiger partial charge in [0.2, 0.25) is 0 Å². The van der Waals surface area contributed by atoms with Gasteiger partial charge in [0.15, 0.2) is 0 Å². The van der Waals surface area contributed by atoms with Crippen molar-refractivity contribution < 1.29 is 0 Å². The first kappa shape index (κ1) is 26.1. The molecule has 2 heteroatoms. The Kier molecular flexibility index (Phi) is 7.93. The molecule has 36 heavy (non-hydrogen) atoms. The Labute approximate surface area is 219 Å². The van der Waals surface area contributed by atoms with Gasteiger partial charge in [0.05, 0.1) is 13.2 Å². The maximum Gasteiger partial charge on any atom is 0.0953 e. The molecule has 0 bridgehead atoms. The van der Waals surface area contributed by atoms with Gasteiger partial charge in [-0.15, -0.1) is 0 Å². The summed E-state index contributed by atoms with van der Waals surface area (Å²) in [5.74, 6) is 1.87. The average molecular weight is 481 g/mol. The smallest absolute Gasteiger partial charge is 0.0953 e. The molecule has 0 radical (unpaired) electrons. The van der Waals surface area contributed by atoms with Crippen molar-refractivity contribution in [1.29, 1.82) is 0 Å². The summed E-state index contributed by atoms with van der Waals surface area (Å²) in [4.78, 5) is 5.24.